The van der Waals surface area contributed by atoms with Crippen molar-refractivity contribution >= 4 is 34.5 Å². The summed E-state index contributed by atoms with van der Waals surface area (Å²) in [6.07, 6.45) is 0.445. The van der Waals surface area contributed by atoms with E-state index in [1.807, 2.05) is 6.92 Å². The third-order valence-electron chi connectivity index (χ3n) is 4.61. The first-order valence-corrected chi connectivity index (χ1v) is 10.3. The van der Waals surface area contributed by atoms with E-state index in [0.717, 1.165) is 50.0 Å². The summed E-state index contributed by atoms with van der Waals surface area (Å²) in [4.78, 5) is 21.6. The summed E-state index contributed by atoms with van der Waals surface area (Å²) in [5.74, 6) is 0.578. The first-order chi connectivity index (χ1) is 13.0. The molecule has 0 radical (unpaired) electrons. The van der Waals surface area contributed by atoms with Gasteiger partial charge in [0.1, 0.15) is 5.75 Å². The van der Waals surface area contributed by atoms with Gasteiger partial charge in [-0.3, -0.25) is 9.69 Å². The maximum absolute atomic E-state index is 12.3. The highest BCUT2D eigenvalue weighted by atomic mass is 35.5. The number of hydrogen-bond donors (Lipinski definition) is 1. The highest BCUT2D eigenvalue weighted by molar-refractivity contribution is 7.09. The molecule has 1 aliphatic rings. The average molecular weight is 409 g/mol. The molecule has 2 heterocycles. The van der Waals surface area contributed by atoms with Gasteiger partial charge in [-0.1, -0.05) is 11.6 Å². The number of rotatable bonds is 7. The highest BCUT2D eigenvalue weighted by Crippen LogP contribution is 2.27. The Bertz CT molecular complexity index is 775. The molecule has 1 aliphatic heterocycles. The van der Waals surface area contributed by atoms with E-state index in [1.165, 1.54) is 0 Å². The monoisotopic (exact) mass is 408 g/mol. The summed E-state index contributed by atoms with van der Waals surface area (Å²) in [6, 6.07) is 5.20. The smallest absolute Gasteiger partial charge is 0.225 e. The van der Waals surface area contributed by atoms with Crippen LogP contribution in [0, 0.1) is 6.92 Å². The zero-order chi connectivity index (χ0) is 19.2. The van der Waals surface area contributed by atoms with E-state index in [4.69, 9.17) is 16.3 Å². The largest absolute Gasteiger partial charge is 0.495 e. The number of nitrogens with zero attached hydrogens (tertiary/aromatic N) is 3. The van der Waals surface area contributed by atoms with Crippen LogP contribution in [-0.2, 0) is 11.3 Å². The number of carbonyl (C=O) groups excluding carboxylic acids is 1. The molecule has 146 valence electrons. The van der Waals surface area contributed by atoms with Crippen LogP contribution in [0.2, 0.25) is 5.02 Å². The van der Waals surface area contributed by atoms with Crippen molar-refractivity contribution in [3.8, 4) is 5.75 Å². The van der Waals surface area contributed by atoms with Gasteiger partial charge in [-0.25, -0.2) is 4.98 Å². The molecule has 1 aromatic carbocycles. The van der Waals surface area contributed by atoms with Gasteiger partial charge in [-0.2, -0.15) is 0 Å². The standard InChI is InChI=1S/C19H25ClN4O2S/c1-14-21-16(13-27-14)12-24-9-7-23(8-10-24)6-5-19(25)22-17-11-15(20)3-4-18(17)26-2/h3-4,11,13H,5-10,12H2,1-2H3,(H,22,25). The molecule has 1 amide bonds. The van der Waals surface area contributed by atoms with Crippen molar-refractivity contribution < 1.29 is 9.53 Å². The zero-order valence-corrected chi connectivity index (χ0v) is 17.3. The SMILES string of the molecule is COc1ccc(Cl)cc1NC(=O)CCN1CCN(Cc2csc(C)n2)CC1. The quantitative estimate of drug-likeness (QED) is 0.762. The lowest BCUT2D eigenvalue weighted by atomic mass is 10.2. The Morgan fingerprint density at radius 3 is 2.70 bits per heavy atom. The molecule has 8 heteroatoms. The number of methoxy groups -OCH3 is 1. The Labute approximate surface area is 169 Å². The van der Waals surface area contributed by atoms with Crippen LogP contribution >= 0.6 is 22.9 Å². The number of aromatic nitrogens is 1. The van der Waals surface area contributed by atoms with E-state index in [2.05, 4.69) is 25.5 Å². The number of thiazole rings is 1. The molecule has 3 rings (SSSR count). The lowest BCUT2D eigenvalue weighted by Crippen LogP contribution is -2.46. The fourth-order valence-corrected chi connectivity index (χ4v) is 3.91. The number of aryl methyl sites for hydroxylation is 1. The molecule has 0 unspecified atom stereocenters. The Morgan fingerprint density at radius 1 is 1.30 bits per heavy atom. The topological polar surface area (TPSA) is 57.7 Å². The van der Waals surface area contributed by atoms with Gasteiger partial charge in [-0.05, 0) is 25.1 Å². The van der Waals surface area contributed by atoms with Gasteiger partial charge < -0.3 is 15.0 Å². The van der Waals surface area contributed by atoms with E-state index < -0.39 is 0 Å². The molecule has 1 saturated heterocycles. The van der Waals surface area contributed by atoms with Crippen molar-refractivity contribution in [2.24, 2.45) is 0 Å². The minimum Gasteiger partial charge on any atom is -0.495 e. The van der Waals surface area contributed by atoms with Gasteiger partial charge in [0.2, 0.25) is 5.91 Å². The molecule has 0 spiro atoms. The summed E-state index contributed by atoms with van der Waals surface area (Å²) in [5, 5.41) is 6.71. The molecule has 2 aromatic rings. The van der Waals surface area contributed by atoms with Crippen LogP contribution in [0.3, 0.4) is 0 Å². The molecular weight excluding hydrogens is 384 g/mol. The molecule has 0 bridgehead atoms. The molecule has 1 fully saturated rings. The first-order valence-electron chi connectivity index (χ1n) is 9.02. The summed E-state index contributed by atoms with van der Waals surface area (Å²) in [7, 11) is 1.57. The lowest BCUT2D eigenvalue weighted by Gasteiger charge is -2.34. The van der Waals surface area contributed by atoms with Crippen molar-refractivity contribution in [2.75, 3.05) is 45.2 Å². The summed E-state index contributed by atoms with van der Waals surface area (Å²) in [5.41, 5.74) is 1.76. The number of amides is 1. The van der Waals surface area contributed by atoms with Gasteiger partial charge in [0.15, 0.2) is 0 Å². The van der Waals surface area contributed by atoms with Gasteiger partial charge in [0.25, 0.3) is 0 Å². The van der Waals surface area contributed by atoms with Crippen LogP contribution in [-0.4, -0.2) is 60.5 Å². The number of ether oxygens (including phenoxy) is 1. The van der Waals surface area contributed by atoms with Gasteiger partial charge in [0, 0.05) is 56.1 Å². The van der Waals surface area contributed by atoms with Crippen molar-refractivity contribution in [2.45, 2.75) is 19.9 Å². The maximum atomic E-state index is 12.3. The minimum atomic E-state index is -0.0315. The van der Waals surface area contributed by atoms with Crippen LogP contribution in [0.1, 0.15) is 17.1 Å². The van der Waals surface area contributed by atoms with Gasteiger partial charge in [-0.15, -0.1) is 11.3 Å². The van der Waals surface area contributed by atoms with Gasteiger partial charge in [0.05, 0.1) is 23.5 Å². The van der Waals surface area contributed by atoms with E-state index in [0.29, 0.717) is 22.9 Å². The van der Waals surface area contributed by atoms with Crippen LogP contribution in [0.5, 0.6) is 5.75 Å². The Hall–Kier alpha value is -1.67. The maximum Gasteiger partial charge on any atom is 0.225 e. The molecule has 1 aromatic heterocycles. The van der Waals surface area contributed by atoms with Crippen LogP contribution in [0.25, 0.3) is 0 Å². The Morgan fingerprint density at radius 2 is 2.04 bits per heavy atom. The Balaban J connectivity index is 1.41. The highest BCUT2D eigenvalue weighted by Gasteiger charge is 2.18. The second-order valence-electron chi connectivity index (χ2n) is 6.62. The average Bonchev–Trinajstić information content (AvgIpc) is 3.06. The van der Waals surface area contributed by atoms with Crippen LogP contribution in [0.15, 0.2) is 23.6 Å². The van der Waals surface area contributed by atoms with Gasteiger partial charge >= 0.3 is 0 Å². The van der Waals surface area contributed by atoms with E-state index in [1.54, 1.807) is 36.6 Å². The minimum absolute atomic E-state index is 0.0315. The second-order valence-corrected chi connectivity index (χ2v) is 8.12. The van der Waals surface area contributed by atoms with Crippen LogP contribution < -0.4 is 10.1 Å². The first kappa shape index (κ1) is 20.1. The third-order valence-corrected chi connectivity index (χ3v) is 5.67. The number of anilines is 1. The molecule has 27 heavy (non-hydrogen) atoms. The number of nitrogens with one attached hydrogen (secondary N) is 1. The van der Waals surface area contributed by atoms with E-state index >= 15 is 0 Å². The fourth-order valence-electron chi connectivity index (χ4n) is 3.13. The van der Waals surface area contributed by atoms with Crippen molar-refractivity contribution in [1.82, 2.24) is 14.8 Å². The summed E-state index contributed by atoms with van der Waals surface area (Å²) < 4.78 is 5.26. The zero-order valence-electron chi connectivity index (χ0n) is 15.7. The number of halogens is 1. The lowest BCUT2D eigenvalue weighted by molar-refractivity contribution is -0.116. The molecular formula is C19H25ClN4O2S. The van der Waals surface area contributed by atoms with Crippen molar-refractivity contribution in [3.63, 3.8) is 0 Å². The number of piperazine rings is 1. The summed E-state index contributed by atoms with van der Waals surface area (Å²) in [6.45, 7) is 7.64. The number of benzene rings is 1. The van der Waals surface area contributed by atoms with Crippen molar-refractivity contribution in [1.29, 1.82) is 0 Å². The molecule has 0 saturated carbocycles. The second kappa shape index (κ2) is 9.50. The van der Waals surface area contributed by atoms with E-state index in [-0.39, 0.29) is 5.91 Å². The molecule has 0 aliphatic carbocycles. The van der Waals surface area contributed by atoms with Crippen LogP contribution in [0.4, 0.5) is 5.69 Å². The fraction of sp³-hybridized carbons (Fsp3) is 0.474. The normalized spacial score (nSPS) is 15.7. The number of carbonyl (C=O) groups is 1. The predicted molar refractivity (Wildman–Crippen MR) is 110 cm³/mol. The molecule has 6 nitrogen and oxygen atoms in total. The van der Waals surface area contributed by atoms with Crippen molar-refractivity contribution in [3.05, 3.63) is 39.3 Å². The van der Waals surface area contributed by atoms with E-state index in [9.17, 15) is 4.79 Å². The Kier molecular flexibility index (Phi) is 7.07. The predicted octanol–water partition coefficient (Wildman–Crippen LogP) is 3.26. The molecule has 1 N–H and O–H groups in total. The number of hydrogen-bond acceptors (Lipinski definition) is 6. The third kappa shape index (κ3) is 5.90. The summed E-state index contributed by atoms with van der Waals surface area (Å²) >= 11 is 7.70. The molecule has 0 atom stereocenters.